The topological polar surface area (TPSA) is 105 Å². The molecule has 2 heterocycles. The van der Waals surface area contributed by atoms with E-state index in [1.807, 2.05) is 0 Å². The van der Waals surface area contributed by atoms with Crippen LogP contribution in [-0.4, -0.2) is 32.2 Å². The average molecular weight is 279 g/mol. The van der Waals surface area contributed by atoms with Crippen LogP contribution in [-0.2, 0) is 0 Å². The molecule has 2 aromatic heterocycles. The third kappa shape index (κ3) is 3.23. The summed E-state index contributed by atoms with van der Waals surface area (Å²) in [6.07, 6.45) is 1.28. The second kappa shape index (κ2) is 5.40. The molecule has 0 aromatic carbocycles. The van der Waals surface area contributed by atoms with E-state index in [4.69, 9.17) is 16.7 Å². The van der Waals surface area contributed by atoms with Crippen molar-refractivity contribution in [2.24, 2.45) is 0 Å². The molecule has 2 aromatic rings. The number of carboxylic acid groups (broad SMARTS) is 1. The lowest BCUT2D eigenvalue weighted by molar-refractivity contribution is 0.0696. The minimum Gasteiger partial charge on any atom is -0.478 e. The van der Waals surface area contributed by atoms with Crippen molar-refractivity contribution < 1.29 is 14.7 Å². The first-order valence-corrected chi connectivity index (χ1v) is 5.44. The smallest absolute Gasteiger partial charge is 0.335 e. The summed E-state index contributed by atoms with van der Waals surface area (Å²) in [7, 11) is 0. The van der Waals surface area contributed by atoms with Crippen molar-refractivity contribution in [3.8, 4) is 0 Å². The van der Waals surface area contributed by atoms with Gasteiger partial charge in [-0.2, -0.15) is 0 Å². The molecule has 0 saturated heterocycles. The molecule has 0 aliphatic carbocycles. The zero-order chi connectivity index (χ0) is 13.8. The van der Waals surface area contributed by atoms with Gasteiger partial charge in [-0.1, -0.05) is 11.6 Å². The molecule has 96 valence electrons. The molecule has 0 saturated carbocycles. The number of anilines is 1. The number of carbonyl (C=O) groups excluding carboxylic acids is 1. The lowest BCUT2D eigenvalue weighted by Gasteiger charge is -2.03. The zero-order valence-electron chi connectivity index (χ0n) is 9.37. The Hall–Kier alpha value is -2.54. The summed E-state index contributed by atoms with van der Waals surface area (Å²) < 4.78 is 0. The normalized spacial score (nSPS) is 9.95. The first-order valence-electron chi connectivity index (χ1n) is 5.06. The number of aromatic nitrogens is 3. The highest BCUT2D eigenvalue weighted by atomic mass is 35.5. The molecule has 0 fully saturated rings. The fourth-order valence-electron chi connectivity index (χ4n) is 1.25. The predicted molar refractivity (Wildman–Crippen MR) is 66.2 cm³/mol. The zero-order valence-corrected chi connectivity index (χ0v) is 10.1. The van der Waals surface area contributed by atoms with E-state index in [1.54, 1.807) is 0 Å². The van der Waals surface area contributed by atoms with E-state index in [0.717, 1.165) is 0 Å². The number of hydrogen-bond donors (Lipinski definition) is 2. The summed E-state index contributed by atoms with van der Waals surface area (Å²) in [6.45, 7) is 0. The van der Waals surface area contributed by atoms with Crippen LogP contribution in [0.1, 0.15) is 20.8 Å². The summed E-state index contributed by atoms with van der Waals surface area (Å²) >= 11 is 5.55. The Bertz CT molecular complexity index is 630. The number of hydrogen-bond acceptors (Lipinski definition) is 5. The van der Waals surface area contributed by atoms with E-state index in [0.29, 0.717) is 0 Å². The van der Waals surface area contributed by atoms with Gasteiger partial charge in [0, 0.05) is 6.20 Å². The predicted octanol–water partition coefficient (Wildman–Crippen LogP) is 1.48. The molecule has 7 nitrogen and oxygen atoms in total. The van der Waals surface area contributed by atoms with Crippen LogP contribution in [0.15, 0.2) is 30.5 Å². The average Bonchev–Trinajstić information content (AvgIpc) is 2.39. The van der Waals surface area contributed by atoms with Gasteiger partial charge in [0.05, 0.1) is 5.56 Å². The Kier molecular flexibility index (Phi) is 3.67. The van der Waals surface area contributed by atoms with Crippen LogP contribution in [0, 0.1) is 0 Å². The molecule has 19 heavy (non-hydrogen) atoms. The van der Waals surface area contributed by atoms with Gasteiger partial charge >= 0.3 is 5.97 Å². The van der Waals surface area contributed by atoms with Crippen molar-refractivity contribution >= 4 is 29.3 Å². The van der Waals surface area contributed by atoms with Crippen LogP contribution in [0.3, 0.4) is 0 Å². The number of nitrogens with one attached hydrogen (secondary N) is 1. The van der Waals surface area contributed by atoms with Crippen LogP contribution in [0.4, 0.5) is 5.82 Å². The van der Waals surface area contributed by atoms with E-state index >= 15 is 0 Å². The fourth-order valence-corrected chi connectivity index (χ4v) is 1.35. The molecule has 0 aliphatic rings. The van der Waals surface area contributed by atoms with Gasteiger partial charge in [0.15, 0.2) is 10.8 Å². The van der Waals surface area contributed by atoms with Crippen molar-refractivity contribution in [1.82, 2.24) is 15.2 Å². The maximum Gasteiger partial charge on any atom is 0.335 e. The minimum atomic E-state index is -1.11. The number of nitrogens with zero attached hydrogens (tertiary/aromatic N) is 3. The molecule has 8 heteroatoms. The van der Waals surface area contributed by atoms with Gasteiger partial charge in [0.1, 0.15) is 5.82 Å². The van der Waals surface area contributed by atoms with Crippen molar-refractivity contribution in [3.05, 3.63) is 46.9 Å². The second-order valence-electron chi connectivity index (χ2n) is 3.43. The van der Waals surface area contributed by atoms with E-state index in [2.05, 4.69) is 20.5 Å². The molecule has 2 N–H and O–H groups in total. The molecular formula is C11H7ClN4O3. The summed E-state index contributed by atoms with van der Waals surface area (Å²) in [5.74, 6) is -1.55. The molecular weight excluding hydrogens is 272 g/mol. The van der Waals surface area contributed by atoms with Crippen LogP contribution in [0.5, 0.6) is 0 Å². The summed E-state index contributed by atoms with van der Waals surface area (Å²) in [6, 6.07) is 5.37. The largest absolute Gasteiger partial charge is 0.478 e. The van der Waals surface area contributed by atoms with E-state index in [1.165, 1.54) is 30.5 Å². The SMILES string of the molecule is O=C(O)c1ccnc(NC(=O)c2ccc(Cl)nn2)c1. The molecule has 0 atom stereocenters. The summed E-state index contributed by atoms with van der Waals surface area (Å²) in [5, 5.41) is 18.5. The van der Waals surface area contributed by atoms with E-state index < -0.39 is 11.9 Å². The standard InChI is InChI=1S/C11H7ClN4O3/c12-8-2-1-7(15-16-8)10(17)14-9-5-6(11(18)19)3-4-13-9/h1-5H,(H,18,19)(H,13,14,17). The first-order chi connectivity index (χ1) is 9.06. The van der Waals surface area contributed by atoms with Gasteiger partial charge in [-0.05, 0) is 24.3 Å². The van der Waals surface area contributed by atoms with Gasteiger partial charge in [0.2, 0.25) is 0 Å². The monoisotopic (exact) mass is 278 g/mol. The number of rotatable bonds is 3. The highest BCUT2D eigenvalue weighted by Crippen LogP contribution is 2.09. The van der Waals surface area contributed by atoms with Crippen LogP contribution < -0.4 is 5.32 Å². The number of amides is 1. The van der Waals surface area contributed by atoms with Gasteiger partial charge < -0.3 is 10.4 Å². The van der Waals surface area contributed by atoms with Gasteiger partial charge in [0.25, 0.3) is 5.91 Å². The highest BCUT2D eigenvalue weighted by Gasteiger charge is 2.10. The molecule has 1 amide bonds. The quantitative estimate of drug-likeness (QED) is 0.881. The first kappa shape index (κ1) is 12.9. The van der Waals surface area contributed by atoms with Crippen LogP contribution in [0.2, 0.25) is 5.15 Å². The van der Waals surface area contributed by atoms with Crippen molar-refractivity contribution in [3.63, 3.8) is 0 Å². The van der Waals surface area contributed by atoms with Crippen LogP contribution >= 0.6 is 11.6 Å². The van der Waals surface area contributed by atoms with E-state index in [-0.39, 0.29) is 22.2 Å². The molecule has 2 rings (SSSR count). The third-order valence-corrected chi connectivity index (χ3v) is 2.31. The second-order valence-corrected chi connectivity index (χ2v) is 3.82. The van der Waals surface area contributed by atoms with Crippen molar-refractivity contribution in [2.75, 3.05) is 5.32 Å². The molecule has 0 bridgehead atoms. The molecule has 0 radical (unpaired) electrons. The van der Waals surface area contributed by atoms with Gasteiger partial charge in [-0.15, -0.1) is 10.2 Å². The highest BCUT2D eigenvalue weighted by molar-refractivity contribution is 6.29. The Labute approximate surface area is 112 Å². The minimum absolute atomic E-state index is 0.0208. The Balaban J connectivity index is 2.17. The van der Waals surface area contributed by atoms with Crippen LogP contribution in [0.25, 0.3) is 0 Å². The lowest BCUT2D eigenvalue weighted by Crippen LogP contribution is -2.15. The van der Waals surface area contributed by atoms with Crippen molar-refractivity contribution in [1.29, 1.82) is 0 Å². The molecule has 0 unspecified atom stereocenters. The number of carboxylic acids is 1. The van der Waals surface area contributed by atoms with Gasteiger partial charge in [-0.25, -0.2) is 9.78 Å². The number of pyridine rings is 1. The Morgan fingerprint density at radius 3 is 2.63 bits per heavy atom. The number of aromatic carboxylic acids is 1. The van der Waals surface area contributed by atoms with E-state index in [9.17, 15) is 9.59 Å². The third-order valence-electron chi connectivity index (χ3n) is 2.11. The Morgan fingerprint density at radius 1 is 1.21 bits per heavy atom. The maximum atomic E-state index is 11.8. The van der Waals surface area contributed by atoms with Gasteiger partial charge in [-0.3, -0.25) is 4.79 Å². The fraction of sp³-hybridized carbons (Fsp3) is 0. The molecule has 0 spiro atoms. The number of carbonyl (C=O) groups is 2. The molecule has 0 aliphatic heterocycles. The lowest BCUT2D eigenvalue weighted by atomic mass is 10.2. The summed E-state index contributed by atoms with van der Waals surface area (Å²) in [5.41, 5.74) is 0.0689. The maximum absolute atomic E-state index is 11.8. The Morgan fingerprint density at radius 2 is 2.00 bits per heavy atom. The summed E-state index contributed by atoms with van der Waals surface area (Å²) in [4.78, 5) is 26.4. The number of halogens is 1. The van der Waals surface area contributed by atoms with Crippen molar-refractivity contribution in [2.45, 2.75) is 0 Å².